The van der Waals surface area contributed by atoms with E-state index in [4.69, 9.17) is 4.74 Å². The second kappa shape index (κ2) is 8.03. The van der Waals surface area contributed by atoms with Crippen LogP contribution in [0.4, 0.5) is 0 Å². The number of nitrogens with one attached hydrogen (secondary N) is 1. The van der Waals surface area contributed by atoms with Crippen LogP contribution in [-0.2, 0) is 4.74 Å². The van der Waals surface area contributed by atoms with Gasteiger partial charge in [0.2, 0.25) is 0 Å². The minimum atomic E-state index is -0.0789. The van der Waals surface area contributed by atoms with Crippen LogP contribution < -0.4 is 5.32 Å². The Hall–Kier alpha value is -1.13. The molecular weight excluding hydrogens is 282 g/mol. The summed E-state index contributed by atoms with van der Waals surface area (Å²) >= 11 is 3.32. The van der Waals surface area contributed by atoms with Crippen LogP contribution >= 0.6 is 15.9 Å². The summed E-state index contributed by atoms with van der Waals surface area (Å²) in [4.78, 5) is 11.6. The van der Waals surface area contributed by atoms with Crippen molar-refractivity contribution >= 4 is 21.8 Å². The highest BCUT2D eigenvalue weighted by molar-refractivity contribution is 9.10. The van der Waals surface area contributed by atoms with Gasteiger partial charge in [0.1, 0.15) is 0 Å². The van der Waals surface area contributed by atoms with Gasteiger partial charge in [-0.15, -0.1) is 6.58 Å². The summed E-state index contributed by atoms with van der Waals surface area (Å²) in [6, 6.07) is 7.24. The van der Waals surface area contributed by atoms with Gasteiger partial charge in [0.25, 0.3) is 5.91 Å². The maximum absolute atomic E-state index is 11.6. The highest BCUT2D eigenvalue weighted by Gasteiger charge is 2.03. The predicted octanol–water partition coefficient (Wildman–Crippen LogP) is 2.77. The third-order valence-electron chi connectivity index (χ3n) is 2.10. The lowest BCUT2D eigenvalue weighted by Gasteiger charge is -2.05. The van der Waals surface area contributed by atoms with Gasteiger partial charge in [-0.1, -0.05) is 22.0 Å². The van der Waals surface area contributed by atoms with Crippen molar-refractivity contribution in [2.24, 2.45) is 0 Å². The van der Waals surface area contributed by atoms with E-state index in [0.29, 0.717) is 25.3 Å². The van der Waals surface area contributed by atoms with Crippen molar-refractivity contribution in [2.75, 3.05) is 19.8 Å². The Kier molecular flexibility index (Phi) is 6.58. The number of carbonyl (C=O) groups is 1. The van der Waals surface area contributed by atoms with Crippen molar-refractivity contribution in [1.82, 2.24) is 5.32 Å². The lowest BCUT2D eigenvalue weighted by molar-refractivity contribution is 0.0918. The number of ether oxygens (including phenoxy) is 1. The second-order valence-electron chi connectivity index (χ2n) is 3.45. The van der Waals surface area contributed by atoms with E-state index in [-0.39, 0.29) is 5.91 Å². The lowest BCUT2D eigenvalue weighted by Crippen LogP contribution is -2.27. The molecule has 0 atom stereocenters. The first-order valence-corrected chi connectivity index (χ1v) is 6.25. The summed E-state index contributed by atoms with van der Waals surface area (Å²) in [5.41, 5.74) is 0.652. The molecule has 0 bridgehead atoms. The molecule has 1 aromatic carbocycles. The molecule has 92 valence electrons. The molecular formula is C13H16BrNO2. The zero-order valence-electron chi connectivity index (χ0n) is 9.62. The second-order valence-corrected chi connectivity index (χ2v) is 4.37. The number of rotatable bonds is 7. The van der Waals surface area contributed by atoms with Crippen molar-refractivity contribution in [3.8, 4) is 0 Å². The number of carbonyl (C=O) groups excluding carboxylic acids is 1. The standard InChI is InChI=1S/C13H16BrNO2/c1-2-3-9-17-10-8-15-13(16)11-4-6-12(14)7-5-11/h2,4-7H,1,3,8-10H2,(H,15,16). The van der Waals surface area contributed by atoms with Gasteiger partial charge in [-0.05, 0) is 30.7 Å². The molecule has 0 saturated carbocycles. The fraction of sp³-hybridized carbons (Fsp3) is 0.308. The Labute approximate surface area is 110 Å². The Bertz CT molecular complexity index is 362. The van der Waals surface area contributed by atoms with E-state index in [1.165, 1.54) is 0 Å². The highest BCUT2D eigenvalue weighted by atomic mass is 79.9. The Morgan fingerprint density at radius 1 is 1.35 bits per heavy atom. The van der Waals surface area contributed by atoms with E-state index >= 15 is 0 Å². The summed E-state index contributed by atoms with van der Waals surface area (Å²) in [5.74, 6) is -0.0789. The summed E-state index contributed by atoms with van der Waals surface area (Å²) < 4.78 is 6.25. The topological polar surface area (TPSA) is 38.3 Å². The fourth-order valence-corrected chi connectivity index (χ4v) is 1.47. The molecule has 3 nitrogen and oxygen atoms in total. The van der Waals surface area contributed by atoms with Crippen molar-refractivity contribution in [3.05, 3.63) is 47.0 Å². The molecule has 0 aromatic heterocycles. The van der Waals surface area contributed by atoms with Crippen LogP contribution in [0.2, 0.25) is 0 Å². The average molecular weight is 298 g/mol. The minimum Gasteiger partial charge on any atom is -0.379 e. The number of benzene rings is 1. The molecule has 1 aromatic rings. The van der Waals surface area contributed by atoms with Gasteiger partial charge in [0.15, 0.2) is 0 Å². The zero-order chi connectivity index (χ0) is 12.5. The molecule has 0 spiro atoms. The first-order valence-electron chi connectivity index (χ1n) is 5.46. The molecule has 0 radical (unpaired) electrons. The maximum atomic E-state index is 11.6. The van der Waals surface area contributed by atoms with Gasteiger partial charge in [0.05, 0.1) is 13.2 Å². The van der Waals surface area contributed by atoms with Crippen molar-refractivity contribution in [3.63, 3.8) is 0 Å². The number of amides is 1. The smallest absolute Gasteiger partial charge is 0.251 e. The van der Waals surface area contributed by atoms with E-state index in [9.17, 15) is 4.79 Å². The van der Waals surface area contributed by atoms with Gasteiger partial charge in [-0.2, -0.15) is 0 Å². The fourth-order valence-electron chi connectivity index (χ4n) is 1.21. The van der Waals surface area contributed by atoms with Crippen LogP contribution in [0.5, 0.6) is 0 Å². The molecule has 1 amide bonds. The third kappa shape index (κ3) is 5.65. The summed E-state index contributed by atoms with van der Waals surface area (Å²) in [6.07, 6.45) is 2.64. The Balaban J connectivity index is 2.21. The van der Waals surface area contributed by atoms with Crippen molar-refractivity contribution in [1.29, 1.82) is 0 Å². The van der Waals surface area contributed by atoms with E-state index in [1.807, 2.05) is 12.1 Å². The molecule has 1 rings (SSSR count). The van der Waals surface area contributed by atoms with Crippen LogP contribution in [0, 0.1) is 0 Å². The Morgan fingerprint density at radius 3 is 2.71 bits per heavy atom. The molecule has 0 aliphatic heterocycles. The molecule has 1 N–H and O–H groups in total. The normalized spacial score (nSPS) is 9.94. The third-order valence-corrected chi connectivity index (χ3v) is 2.63. The monoisotopic (exact) mass is 297 g/mol. The Morgan fingerprint density at radius 2 is 2.06 bits per heavy atom. The highest BCUT2D eigenvalue weighted by Crippen LogP contribution is 2.10. The number of halogens is 1. The molecule has 4 heteroatoms. The van der Waals surface area contributed by atoms with E-state index in [2.05, 4.69) is 27.8 Å². The number of hydrogen-bond donors (Lipinski definition) is 1. The molecule has 0 fully saturated rings. The van der Waals surface area contributed by atoms with Gasteiger partial charge >= 0.3 is 0 Å². The average Bonchev–Trinajstić information content (AvgIpc) is 2.34. The van der Waals surface area contributed by atoms with E-state index in [0.717, 1.165) is 10.9 Å². The van der Waals surface area contributed by atoms with Crippen LogP contribution in [-0.4, -0.2) is 25.7 Å². The zero-order valence-corrected chi connectivity index (χ0v) is 11.2. The largest absolute Gasteiger partial charge is 0.379 e. The van der Waals surface area contributed by atoms with Gasteiger partial charge in [-0.3, -0.25) is 4.79 Å². The molecule has 17 heavy (non-hydrogen) atoms. The SMILES string of the molecule is C=CCCOCCNC(=O)c1ccc(Br)cc1. The molecule has 0 unspecified atom stereocenters. The predicted molar refractivity (Wildman–Crippen MR) is 72.1 cm³/mol. The quantitative estimate of drug-likeness (QED) is 0.621. The summed E-state index contributed by atoms with van der Waals surface area (Å²) in [6.45, 7) is 5.29. The molecule has 0 aliphatic rings. The van der Waals surface area contributed by atoms with Crippen LogP contribution in [0.3, 0.4) is 0 Å². The lowest BCUT2D eigenvalue weighted by atomic mass is 10.2. The summed E-state index contributed by atoms with van der Waals surface area (Å²) in [7, 11) is 0. The minimum absolute atomic E-state index is 0.0789. The van der Waals surface area contributed by atoms with Gasteiger partial charge < -0.3 is 10.1 Å². The van der Waals surface area contributed by atoms with E-state index in [1.54, 1.807) is 18.2 Å². The first-order chi connectivity index (χ1) is 8.24. The van der Waals surface area contributed by atoms with Gasteiger partial charge in [0, 0.05) is 16.6 Å². The number of hydrogen-bond acceptors (Lipinski definition) is 2. The maximum Gasteiger partial charge on any atom is 0.251 e. The van der Waals surface area contributed by atoms with E-state index < -0.39 is 0 Å². The molecule has 0 heterocycles. The van der Waals surface area contributed by atoms with Crippen LogP contribution in [0.15, 0.2) is 41.4 Å². The molecule has 0 saturated heterocycles. The van der Waals surface area contributed by atoms with Crippen molar-refractivity contribution in [2.45, 2.75) is 6.42 Å². The van der Waals surface area contributed by atoms with Crippen LogP contribution in [0.25, 0.3) is 0 Å². The molecule has 0 aliphatic carbocycles. The summed E-state index contributed by atoms with van der Waals surface area (Å²) in [5, 5.41) is 2.79. The first kappa shape index (κ1) is 13.9. The van der Waals surface area contributed by atoms with Crippen molar-refractivity contribution < 1.29 is 9.53 Å². The van der Waals surface area contributed by atoms with Gasteiger partial charge in [-0.25, -0.2) is 0 Å². The van der Waals surface area contributed by atoms with Crippen LogP contribution in [0.1, 0.15) is 16.8 Å².